The maximum absolute atomic E-state index is 11.0. The van der Waals surface area contributed by atoms with Crippen LogP contribution in [0.1, 0.15) is 18.5 Å². The third-order valence-electron chi connectivity index (χ3n) is 2.25. The van der Waals surface area contributed by atoms with E-state index in [1.54, 1.807) is 12.1 Å². The predicted molar refractivity (Wildman–Crippen MR) is 66.7 cm³/mol. The minimum absolute atomic E-state index is 0.107. The SMILES string of the molecule is COC(=O)Nc1ccc(C(C)NNC(N)=O)cc1. The van der Waals surface area contributed by atoms with Gasteiger partial charge in [-0.1, -0.05) is 12.1 Å². The van der Waals surface area contributed by atoms with Gasteiger partial charge in [0.2, 0.25) is 0 Å². The van der Waals surface area contributed by atoms with Crippen molar-refractivity contribution in [1.82, 2.24) is 10.9 Å². The molecule has 1 rings (SSSR count). The molecule has 0 aromatic heterocycles. The molecule has 1 unspecified atom stereocenters. The van der Waals surface area contributed by atoms with Crippen LogP contribution >= 0.6 is 0 Å². The lowest BCUT2D eigenvalue weighted by molar-refractivity contribution is 0.187. The van der Waals surface area contributed by atoms with E-state index in [0.29, 0.717) is 5.69 Å². The Labute approximate surface area is 105 Å². The summed E-state index contributed by atoms with van der Waals surface area (Å²) in [5.74, 6) is 0. The molecule has 98 valence electrons. The number of carbonyl (C=O) groups excluding carboxylic acids is 2. The van der Waals surface area contributed by atoms with E-state index in [4.69, 9.17) is 5.73 Å². The van der Waals surface area contributed by atoms with Crippen LogP contribution in [0.25, 0.3) is 0 Å². The summed E-state index contributed by atoms with van der Waals surface area (Å²) in [7, 11) is 1.30. The number of benzene rings is 1. The van der Waals surface area contributed by atoms with E-state index in [0.717, 1.165) is 5.56 Å². The fraction of sp³-hybridized carbons (Fsp3) is 0.273. The number of nitrogens with two attached hydrogens (primary N) is 1. The lowest BCUT2D eigenvalue weighted by Gasteiger charge is -2.14. The molecule has 7 nitrogen and oxygen atoms in total. The Kier molecular flexibility index (Phi) is 4.94. The van der Waals surface area contributed by atoms with E-state index >= 15 is 0 Å². The second-order valence-corrected chi connectivity index (χ2v) is 3.59. The molecule has 7 heteroatoms. The van der Waals surface area contributed by atoms with Gasteiger partial charge in [-0.15, -0.1) is 0 Å². The van der Waals surface area contributed by atoms with E-state index < -0.39 is 12.1 Å². The molecule has 0 aliphatic heterocycles. The zero-order valence-electron chi connectivity index (χ0n) is 10.2. The van der Waals surface area contributed by atoms with Gasteiger partial charge in [-0.25, -0.2) is 15.0 Å². The topological polar surface area (TPSA) is 105 Å². The highest BCUT2D eigenvalue weighted by molar-refractivity contribution is 5.84. The molecule has 18 heavy (non-hydrogen) atoms. The van der Waals surface area contributed by atoms with Crippen molar-refractivity contribution in [3.8, 4) is 0 Å². The van der Waals surface area contributed by atoms with Crippen LogP contribution < -0.4 is 21.9 Å². The van der Waals surface area contributed by atoms with Crippen LogP contribution in [0.2, 0.25) is 0 Å². The van der Waals surface area contributed by atoms with Crippen molar-refractivity contribution in [2.45, 2.75) is 13.0 Å². The smallest absolute Gasteiger partial charge is 0.411 e. The van der Waals surface area contributed by atoms with E-state index in [9.17, 15) is 9.59 Å². The van der Waals surface area contributed by atoms with Crippen LogP contribution in [-0.4, -0.2) is 19.2 Å². The first-order valence-corrected chi connectivity index (χ1v) is 5.29. The Balaban J connectivity index is 2.58. The molecule has 0 radical (unpaired) electrons. The first kappa shape index (κ1) is 13.8. The number of rotatable bonds is 4. The van der Waals surface area contributed by atoms with Crippen molar-refractivity contribution in [1.29, 1.82) is 0 Å². The Morgan fingerprint density at radius 2 is 1.89 bits per heavy atom. The number of hydrazine groups is 1. The van der Waals surface area contributed by atoms with Crippen LogP contribution in [-0.2, 0) is 4.74 Å². The van der Waals surface area contributed by atoms with Crippen LogP contribution in [0.3, 0.4) is 0 Å². The molecule has 0 aliphatic rings. The number of carbonyl (C=O) groups is 2. The molecule has 0 saturated carbocycles. The normalized spacial score (nSPS) is 11.4. The minimum Gasteiger partial charge on any atom is -0.453 e. The molecular formula is C11H16N4O3. The Morgan fingerprint density at radius 1 is 1.28 bits per heavy atom. The zero-order chi connectivity index (χ0) is 13.5. The number of anilines is 1. The number of ether oxygens (including phenoxy) is 1. The van der Waals surface area contributed by atoms with Crippen molar-refractivity contribution < 1.29 is 14.3 Å². The van der Waals surface area contributed by atoms with Crippen molar-refractivity contribution in [3.63, 3.8) is 0 Å². The van der Waals surface area contributed by atoms with E-state index in [1.807, 2.05) is 19.1 Å². The van der Waals surface area contributed by atoms with Gasteiger partial charge in [0.05, 0.1) is 7.11 Å². The summed E-state index contributed by atoms with van der Waals surface area (Å²) in [6, 6.07) is 6.33. The van der Waals surface area contributed by atoms with Gasteiger partial charge in [0, 0.05) is 11.7 Å². The molecule has 5 N–H and O–H groups in total. The van der Waals surface area contributed by atoms with Crippen molar-refractivity contribution in [2.75, 3.05) is 12.4 Å². The summed E-state index contributed by atoms with van der Waals surface area (Å²) in [6.07, 6.45) is -0.524. The molecule has 0 saturated heterocycles. The summed E-state index contributed by atoms with van der Waals surface area (Å²) < 4.78 is 4.47. The number of hydrogen-bond acceptors (Lipinski definition) is 4. The van der Waals surface area contributed by atoms with Crippen molar-refractivity contribution in [3.05, 3.63) is 29.8 Å². The second kappa shape index (κ2) is 6.45. The summed E-state index contributed by atoms with van der Waals surface area (Å²) in [6.45, 7) is 1.86. The Bertz CT molecular complexity index is 419. The van der Waals surface area contributed by atoms with Gasteiger partial charge in [0.25, 0.3) is 0 Å². The van der Waals surface area contributed by atoms with Crippen molar-refractivity contribution >= 4 is 17.8 Å². The average Bonchev–Trinajstić information content (AvgIpc) is 2.36. The maximum Gasteiger partial charge on any atom is 0.411 e. The largest absolute Gasteiger partial charge is 0.453 e. The summed E-state index contributed by atoms with van der Waals surface area (Å²) in [4.78, 5) is 21.5. The van der Waals surface area contributed by atoms with E-state index in [1.165, 1.54) is 7.11 Å². The number of amides is 3. The van der Waals surface area contributed by atoms with Gasteiger partial charge in [-0.3, -0.25) is 10.7 Å². The molecule has 1 aromatic carbocycles. The van der Waals surface area contributed by atoms with Crippen LogP contribution in [0.15, 0.2) is 24.3 Å². The molecular weight excluding hydrogens is 236 g/mol. The Hall–Kier alpha value is -2.28. The van der Waals surface area contributed by atoms with Crippen LogP contribution in [0.4, 0.5) is 15.3 Å². The standard InChI is InChI=1S/C11H16N4O3/c1-7(14-15-10(12)16)8-3-5-9(6-4-8)13-11(17)18-2/h3-7,14H,1-2H3,(H,13,17)(H3,12,15,16). The third-order valence-corrected chi connectivity index (χ3v) is 2.25. The highest BCUT2D eigenvalue weighted by Crippen LogP contribution is 2.15. The second-order valence-electron chi connectivity index (χ2n) is 3.59. The summed E-state index contributed by atoms with van der Waals surface area (Å²) in [5, 5.41) is 2.54. The molecule has 0 fully saturated rings. The highest BCUT2D eigenvalue weighted by Gasteiger charge is 2.06. The fourth-order valence-corrected chi connectivity index (χ4v) is 1.29. The van der Waals surface area contributed by atoms with Crippen LogP contribution in [0.5, 0.6) is 0 Å². The van der Waals surface area contributed by atoms with Gasteiger partial charge in [-0.05, 0) is 24.6 Å². The minimum atomic E-state index is -0.647. The monoisotopic (exact) mass is 252 g/mol. The average molecular weight is 252 g/mol. The van der Waals surface area contributed by atoms with Crippen molar-refractivity contribution in [2.24, 2.45) is 5.73 Å². The predicted octanol–water partition coefficient (Wildman–Crippen LogP) is 1.10. The molecule has 0 bridgehead atoms. The summed E-state index contributed by atoms with van der Waals surface area (Å²) >= 11 is 0. The number of methoxy groups -OCH3 is 1. The Morgan fingerprint density at radius 3 is 2.39 bits per heavy atom. The molecule has 1 atom stereocenters. The van der Waals surface area contributed by atoms with Gasteiger partial charge < -0.3 is 10.5 Å². The first-order chi connectivity index (χ1) is 8.52. The van der Waals surface area contributed by atoms with Gasteiger partial charge in [0.1, 0.15) is 0 Å². The van der Waals surface area contributed by atoms with Crippen LogP contribution in [0, 0.1) is 0 Å². The molecule has 0 heterocycles. The number of urea groups is 1. The molecule has 1 aromatic rings. The van der Waals surface area contributed by atoms with Gasteiger partial charge in [-0.2, -0.15) is 0 Å². The lowest BCUT2D eigenvalue weighted by atomic mass is 10.1. The van der Waals surface area contributed by atoms with E-state index in [2.05, 4.69) is 20.9 Å². The zero-order valence-corrected chi connectivity index (χ0v) is 10.2. The fourth-order valence-electron chi connectivity index (χ4n) is 1.29. The summed E-state index contributed by atoms with van der Waals surface area (Å²) in [5.41, 5.74) is 11.5. The number of nitrogens with one attached hydrogen (secondary N) is 3. The maximum atomic E-state index is 11.0. The van der Waals surface area contributed by atoms with E-state index in [-0.39, 0.29) is 6.04 Å². The van der Waals surface area contributed by atoms with Gasteiger partial charge in [0.15, 0.2) is 0 Å². The first-order valence-electron chi connectivity index (χ1n) is 5.29. The highest BCUT2D eigenvalue weighted by atomic mass is 16.5. The number of hydrogen-bond donors (Lipinski definition) is 4. The molecule has 0 aliphatic carbocycles. The molecule has 0 spiro atoms. The quantitative estimate of drug-likeness (QED) is 0.602. The van der Waals surface area contributed by atoms with Gasteiger partial charge >= 0.3 is 12.1 Å². The lowest BCUT2D eigenvalue weighted by Crippen LogP contribution is -2.42. The number of primary amides is 1. The third kappa shape index (κ3) is 4.30. The molecule has 3 amide bonds.